The summed E-state index contributed by atoms with van der Waals surface area (Å²) >= 11 is 0. The highest BCUT2D eigenvalue weighted by Gasteiger charge is 2.20. The molecule has 0 spiro atoms. The number of nitrogens with one attached hydrogen (secondary N) is 2. The van der Waals surface area contributed by atoms with E-state index in [0.717, 1.165) is 48.0 Å². The van der Waals surface area contributed by atoms with E-state index in [9.17, 15) is 9.59 Å². The van der Waals surface area contributed by atoms with E-state index in [4.69, 9.17) is 0 Å². The first-order valence-electron chi connectivity index (χ1n) is 16.3. The predicted octanol–water partition coefficient (Wildman–Crippen LogP) is 0.441. The lowest BCUT2D eigenvalue weighted by Gasteiger charge is -2.29. The highest BCUT2D eigenvalue weighted by molar-refractivity contribution is 5.77. The van der Waals surface area contributed by atoms with Gasteiger partial charge >= 0.3 is 0 Å². The van der Waals surface area contributed by atoms with Gasteiger partial charge in [-0.2, -0.15) is 0 Å². The van der Waals surface area contributed by atoms with E-state index in [1.807, 2.05) is 0 Å². The summed E-state index contributed by atoms with van der Waals surface area (Å²) < 4.78 is 1.58. The second-order valence-electron chi connectivity index (χ2n) is 13.0. The fourth-order valence-corrected chi connectivity index (χ4v) is 5.10. The molecule has 6 nitrogen and oxygen atoms in total. The first kappa shape index (κ1) is 44.3. The van der Waals surface area contributed by atoms with Crippen LogP contribution >= 0.6 is 0 Å². The lowest BCUT2D eigenvalue weighted by molar-refractivity contribution is -0.882. The van der Waals surface area contributed by atoms with Gasteiger partial charge in [0.15, 0.2) is 13.1 Å². The molecule has 0 rings (SSSR count). The first-order valence-corrected chi connectivity index (χ1v) is 16.3. The standard InChI is InChI=1S/C32H66N4O2.2BrH/c1-7-9-11-21-25-33-31(37)29-35(3,4)27-23-19-17-15-13-14-16-18-20-24-28-36(5,6)30-32(38)34-26-22-12-10-8-2;;/h7-30H2,1-6H3;2*1H. The van der Waals surface area contributed by atoms with Crippen LogP contribution in [0.1, 0.15) is 129 Å². The maximum Gasteiger partial charge on any atom is 0.275 e. The molecule has 8 heteroatoms. The molecule has 0 atom stereocenters. The molecule has 242 valence electrons. The van der Waals surface area contributed by atoms with Gasteiger partial charge in [0.2, 0.25) is 0 Å². The number of likely N-dealkylation sites (N-methyl/N-ethyl adjacent to an activating group) is 2. The summed E-state index contributed by atoms with van der Waals surface area (Å²) in [6.45, 7) is 9.43. The normalized spacial score (nSPS) is 11.4. The number of unbranched alkanes of at least 4 members (excludes halogenated alkanes) is 15. The smallest absolute Gasteiger partial charge is 0.275 e. The number of nitrogens with zero attached hydrogens (tertiary/aromatic N) is 2. The molecule has 0 unspecified atom stereocenters. The van der Waals surface area contributed by atoms with E-state index in [1.54, 1.807) is 0 Å². The second kappa shape index (κ2) is 28.9. The van der Waals surface area contributed by atoms with Gasteiger partial charge in [-0.05, 0) is 38.5 Å². The molecule has 0 aromatic rings. The van der Waals surface area contributed by atoms with Crippen molar-refractivity contribution < 1.29 is 52.5 Å². The van der Waals surface area contributed by atoms with Crippen LogP contribution in [0.2, 0.25) is 0 Å². The molecule has 0 aliphatic rings. The molecular weight excluding hydrogens is 632 g/mol. The van der Waals surface area contributed by atoms with Crippen molar-refractivity contribution in [1.82, 2.24) is 10.6 Å². The molecule has 0 aromatic carbocycles. The number of amides is 2. The Bertz CT molecular complexity index is 539. The van der Waals surface area contributed by atoms with Gasteiger partial charge in [0.1, 0.15) is 0 Å². The predicted molar refractivity (Wildman–Crippen MR) is 164 cm³/mol. The van der Waals surface area contributed by atoms with Gasteiger partial charge in [-0.3, -0.25) is 9.59 Å². The molecule has 0 bridgehead atoms. The number of hydrogen-bond donors (Lipinski definition) is 2. The summed E-state index contributed by atoms with van der Waals surface area (Å²) in [7, 11) is 8.73. The summed E-state index contributed by atoms with van der Waals surface area (Å²) in [4.78, 5) is 24.4. The molecule has 2 N–H and O–H groups in total. The second-order valence-corrected chi connectivity index (χ2v) is 13.0. The van der Waals surface area contributed by atoms with Crippen molar-refractivity contribution >= 4 is 11.8 Å². The summed E-state index contributed by atoms with van der Waals surface area (Å²) in [6.07, 6.45) is 22.6. The molecular formula is C32H68Br2N4O2. The van der Waals surface area contributed by atoms with Crippen LogP contribution in [0, 0.1) is 0 Å². The van der Waals surface area contributed by atoms with Gasteiger partial charge in [0.25, 0.3) is 11.8 Å². The lowest BCUT2D eigenvalue weighted by Crippen LogP contribution is -3.00. The van der Waals surface area contributed by atoms with Gasteiger partial charge in [-0.15, -0.1) is 0 Å². The molecule has 0 heterocycles. The van der Waals surface area contributed by atoms with Gasteiger partial charge in [-0.1, -0.05) is 90.9 Å². The summed E-state index contributed by atoms with van der Waals surface area (Å²) in [6, 6.07) is 0. The van der Waals surface area contributed by atoms with Crippen LogP contribution in [0.25, 0.3) is 0 Å². The largest absolute Gasteiger partial charge is 1.00 e. The summed E-state index contributed by atoms with van der Waals surface area (Å²) in [5.74, 6) is 0.403. The highest BCUT2D eigenvalue weighted by Crippen LogP contribution is 2.13. The lowest BCUT2D eigenvalue weighted by atomic mass is 10.1. The number of rotatable bonds is 27. The van der Waals surface area contributed by atoms with Crippen molar-refractivity contribution in [2.24, 2.45) is 0 Å². The van der Waals surface area contributed by atoms with Crippen LogP contribution in [0.3, 0.4) is 0 Å². The van der Waals surface area contributed by atoms with Gasteiger partial charge < -0.3 is 53.6 Å². The molecule has 0 saturated carbocycles. The van der Waals surface area contributed by atoms with Crippen molar-refractivity contribution in [3.05, 3.63) is 0 Å². The number of hydrogen-bond acceptors (Lipinski definition) is 2. The summed E-state index contributed by atoms with van der Waals surface area (Å²) in [5, 5.41) is 6.19. The minimum atomic E-state index is 0. The number of carbonyl (C=O) groups excluding carboxylic acids is 2. The molecule has 2 amide bonds. The van der Waals surface area contributed by atoms with Crippen molar-refractivity contribution in [2.45, 2.75) is 129 Å². The van der Waals surface area contributed by atoms with Crippen molar-refractivity contribution in [1.29, 1.82) is 0 Å². The van der Waals surface area contributed by atoms with Gasteiger partial charge in [0.05, 0.1) is 41.3 Å². The van der Waals surface area contributed by atoms with Crippen molar-refractivity contribution in [2.75, 3.05) is 67.5 Å². The van der Waals surface area contributed by atoms with Gasteiger partial charge in [0, 0.05) is 13.1 Å². The SMILES string of the molecule is CCCCCCNC(=O)C[N+](C)(C)CCCCCCCCCCCC[N+](C)(C)CC(=O)NCCCCCC.[Br-].[Br-]. The molecule has 0 saturated heterocycles. The number of halogens is 2. The Hall–Kier alpha value is -0.180. The van der Waals surface area contributed by atoms with E-state index in [-0.39, 0.29) is 45.8 Å². The summed E-state index contributed by atoms with van der Waals surface area (Å²) in [5.41, 5.74) is 0. The fourth-order valence-electron chi connectivity index (χ4n) is 5.10. The van der Waals surface area contributed by atoms with Crippen molar-refractivity contribution in [3.63, 3.8) is 0 Å². The minimum absolute atomic E-state index is 0. The third-order valence-electron chi connectivity index (χ3n) is 7.63. The molecule has 0 aliphatic heterocycles. The minimum Gasteiger partial charge on any atom is -1.00 e. The zero-order valence-electron chi connectivity index (χ0n) is 27.4. The quantitative estimate of drug-likeness (QED) is 0.0967. The average Bonchev–Trinajstić information content (AvgIpc) is 2.83. The zero-order chi connectivity index (χ0) is 28.5. The molecule has 0 radical (unpaired) electrons. The van der Waals surface area contributed by atoms with Crippen LogP contribution in [0.5, 0.6) is 0 Å². The average molecular weight is 701 g/mol. The Kier molecular flexibility index (Phi) is 32.0. The maximum atomic E-state index is 12.2. The molecule has 0 aliphatic carbocycles. The third kappa shape index (κ3) is 30.8. The van der Waals surface area contributed by atoms with Crippen LogP contribution in [-0.2, 0) is 9.59 Å². The van der Waals surface area contributed by atoms with Crippen LogP contribution in [0.15, 0.2) is 0 Å². The van der Waals surface area contributed by atoms with E-state index >= 15 is 0 Å². The zero-order valence-corrected chi connectivity index (χ0v) is 30.6. The first-order chi connectivity index (χ1) is 18.1. The van der Waals surface area contributed by atoms with E-state index in [0.29, 0.717) is 13.1 Å². The fraction of sp³-hybridized carbons (Fsp3) is 0.938. The Labute approximate surface area is 270 Å². The number of carbonyl (C=O) groups is 2. The monoisotopic (exact) mass is 698 g/mol. The van der Waals surface area contributed by atoms with Crippen molar-refractivity contribution in [3.8, 4) is 0 Å². The molecule has 0 fully saturated rings. The Morgan fingerprint density at radius 2 is 0.725 bits per heavy atom. The highest BCUT2D eigenvalue weighted by atomic mass is 79.9. The maximum absolute atomic E-state index is 12.2. The third-order valence-corrected chi connectivity index (χ3v) is 7.63. The molecule has 40 heavy (non-hydrogen) atoms. The topological polar surface area (TPSA) is 58.2 Å². The Morgan fingerprint density at radius 3 is 1.02 bits per heavy atom. The molecule has 0 aromatic heterocycles. The van der Waals surface area contributed by atoms with Crippen LogP contribution in [0.4, 0.5) is 0 Å². The number of quaternary nitrogens is 2. The Balaban J connectivity index is -0.00000684. The van der Waals surface area contributed by atoms with Gasteiger partial charge in [-0.25, -0.2) is 0 Å². The Morgan fingerprint density at radius 1 is 0.450 bits per heavy atom. The van der Waals surface area contributed by atoms with E-state index in [1.165, 1.54) is 103 Å². The van der Waals surface area contributed by atoms with Crippen LogP contribution in [-0.4, -0.2) is 88.2 Å². The van der Waals surface area contributed by atoms with E-state index < -0.39 is 0 Å². The van der Waals surface area contributed by atoms with Crippen LogP contribution < -0.4 is 44.6 Å². The van der Waals surface area contributed by atoms with E-state index in [2.05, 4.69) is 52.7 Å².